The van der Waals surface area contributed by atoms with Gasteiger partial charge in [0.2, 0.25) is 10.0 Å². The first-order chi connectivity index (χ1) is 8.57. The molecule has 1 aromatic rings. The number of sulfonamides is 1. The molecule has 1 aromatic carbocycles. The molecule has 5 nitrogen and oxygen atoms in total. The molecule has 0 saturated carbocycles. The van der Waals surface area contributed by atoms with Crippen molar-refractivity contribution in [3.05, 3.63) is 29.8 Å². The third-order valence-electron chi connectivity index (χ3n) is 3.18. The fraction of sp³-hybridized carbons (Fsp3) is 0.417. The van der Waals surface area contributed by atoms with Gasteiger partial charge in [-0.25, -0.2) is 8.42 Å². The van der Waals surface area contributed by atoms with E-state index in [0.717, 1.165) is 6.42 Å². The van der Waals surface area contributed by atoms with Crippen LogP contribution in [0, 0.1) is 17.2 Å². The molecule has 1 fully saturated rings. The Hall–Kier alpha value is -1.42. The van der Waals surface area contributed by atoms with Gasteiger partial charge in [-0.1, -0.05) is 6.07 Å². The van der Waals surface area contributed by atoms with Crippen molar-refractivity contribution >= 4 is 10.0 Å². The third-order valence-corrected chi connectivity index (χ3v) is 5.04. The maximum atomic E-state index is 12.3. The minimum absolute atomic E-state index is 0.180. The van der Waals surface area contributed by atoms with Gasteiger partial charge in [-0.15, -0.1) is 0 Å². The highest BCUT2D eigenvalue weighted by Crippen LogP contribution is 2.24. The summed E-state index contributed by atoms with van der Waals surface area (Å²) in [5.41, 5.74) is 5.91. The summed E-state index contributed by atoms with van der Waals surface area (Å²) in [4.78, 5) is 0.180. The monoisotopic (exact) mass is 265 g/mol. The lowest BCUT2D eigenvalue weighted by Gasteiger charge is -2.16. The molecule has 0 spiro atoms. The van der Waals surface area contributed by atoms with E-state index in [4.69, 9.17) is 11.0 Å². The lowest BCUT2D eigenvalue weighted by Crippen LogP contribution is -2.30. The van der Waals surface area contributed by atoms with Gasteiger partial charge in [0.25, 0.3) is 0 Å². The summed E-state index contributed by atoms with van der Waals surface area (Å²) in [6.07, 6.45) is 0.799. The fourth-order valence-electron chi connectivity index (χ4n) is 2.08. The number of nitrogens with zero attached hydrogens (tertiary/aromatic N) is 2. The van der Waals surface area contributed by atoms with Crippen LogP contribution >= 0.6 is 0 Å². The van der Waals surface area contributed by atoms with E-state index in [1.165, 1.54) is 16.4 Å². The molecule has 0 aliphatic carbocycles. The standard InChI is InChI=1S/C12H15N3O2S/c13-7-10-2-1-3-12(6-10)18(16,17)15-5-4-11(8-14)9-15/h1-3,6,11H,4-5,8-9,14H2/t11-/m1/s1. The van der Waals surface area contributed by atoms with Crippen molar-refractivity contribution in [1.29, 1.82) is 5.26 Å². The topological polar surface area (TPSA) is 87.2 Å². The molecule has 2 rings (SSSR count). The van der Waals surface area contributed by atoms with Crippen molar-refractivity contribution in [2.45, 2.75) is 11.3 Å². The van der Waals surface area contributed by atoms with E-state index in [1.54, 1.807) is 12.1 Å². The van der Waals surface area contributed by atoms with Gasteiger partial charge in [-0.05, 0) is 37.1 Å². The van der Waals surface area contributed by atoms with Crippen LogP contribution in [0.2, 0.25) is 0 Å². The van der Waals surface area contributed by atoms with Crippen LogP contribution in [0.3, 0.4) is 0 Å². The van der Waals surface area contributed by atoms with E-state index < -0.39 is 10.0 Å². The fourth-order valence-corrected chi connectivity index (χ4v) is 3.66. The lowest BCUT2D eigenvalue weighted by molar-refractivity contribution is 0.459. The Balaban J connectivity index is 2.29. The molecule has 0 radical (unpaired) electrons. The average Bonchev–Trinajstić information content (AvgIpc) is 2.88. The number of rotatable bonds is 3. The molecule has 0 bridgehead atoms. The highest BCUT2D eigenvalue weighted by molar-refractivity contribution is 7.89. The summed E-state index contributed by atoms with van der Waals surface area (Å²) in [6.45, 7) is 1.47. The summed E-state index contributed by atoms with van der Waals surface area (Å²) in [7, 11) is -3.49. The number of benzene rings is 1. The molecule has 6 heteroatoms. The Morgan fingerprint density at radius 1 is 1.50 bits per heavy atom. The zero-order valence-corrected chi connectivity index (χ0v) is 10.7. The summed E-state index contributed by atoms with van der Waals surface area (Å²) < 4.78 is 26.1. The molecule has 18 heavy (non-hydrogen) atoms. The normalized spacial score (nSPS) is 20.8. The Labute approximate surface area is 107 Å². The summed E-state index contributed by atoms with van der Waals surface area (Å²) in [5.74, 6) is 0.235. The van der Waals surface area contributed by atoms with Crippen LogP contribution in [-0.4, -0.2) is 32.4 Å². The Bertz CT molecular complexity index is 577. The zero-order valence-electron chi connectivity index (χ0n) is 9.91. The second-order valence-corrected chi connectivity index (χ2v) is 6.33. The molecular formula is C12H15N3O2S. The maximum Gasteiger partial charge on any atom is 0.243 e. The first-order valence-corrected chi connectivity index (χ1v) is 7.22. The Morgan fingerprint density at radius 2 is 2.28 bits per heavy atom. The van der Waals surface area contributed by atoms with Gasteiger partial charge in [0.15, 0.2) is 0 Å². The van der Waals surface area contributed by atoms with Crippen molar-refractivity contribution in [3.63, 3.8) is 0 Å². The van der Waals surface area contributed by atoms with E-state index in [9.17, 15) is 8.42 Å². The second-order valence-electron chi connectivity index (χ2n) is 4.39. The first-order valence-electron chi connectivity index (χ1n) is 5.78. The van der Waals surface area contributed by atoms with Crippen molar-refractivity contribution in [2.24, 2.45) is 11.7 Å². The Morgan fingerprint density at radius 3 is 2.89 bits per heavy atom. The molecule has 96 valence electrons. The molecule has 2 N–H and O–H groups in total. The average molecular weight is 265 g/mol. The second kappa shape index (κ2) is 5.06. The van der Waals surface area contributed by atoms with E-state index >= 15 is 0 Å². The molecule has 0 unspecified atom stereocenters. The summed E-state index contributed by atoms with van der Waals surface area (Å²) in [6, 6.07) is 8.05. The van der Waals surface area contributed by atoms with Gasteiger partial charge in [0, 0.05) is 13.1 Å². The molecule has 1 saturated heterocycles. The van der Waals surface area contributed by atoms with Crippen molar-refractivity contribution < 1.29 is 8.42 Å². The van der Waals surface area contributed by atoms with Crippen LogP contribution < -0.4 is 5.73 Å². The lowest BCUT2D eigenvalue weighted by atomic mass is 10.1. The van der Waals surface area contributed by atoms with Gasteiger partial charge in [-0.2, -0.15) is 9.57 Å². The van der Waals surface area contributed by atoms with E-state index in [-0.39, 0.29) is 10.8 Å². The smallest absolute Gasteiger partial charge is 0.243 e. The minimum Gasteiger partial charge on any atom is -0.330 e. The molecular weight excluding hydrogens is 250 g/mol. The SMILES string of the molecule is N#Cc1cccc(S(=O)(=O)N2CC[C@H](CN)C2)c1. The van der Waals surface area contributed by atoms with E-state index in [1.807, 2.05) is 6.07 Å². The highest BCUT2D eigenvalue weighted by Gasteiger charge is 2.31. The van der Waals surface area contributed by atoms with Crippen LogP contribution in [0.25, 0.3) is 0 Å². The van der Waals surface area contributed by atoms with Gasteiger partial charge >= 0.3 is 0 Å². The summed E-state index contributed by atoms with van der Waals surface area (Å²) in [5, 5.41) is 8.80. The van der Waals surface area contributed by atoms with Crippen LogP contribution in [0.5, 0.6) is 0 Å². The molecule has 1 aliphatic heterocycles. The third kappa shape index (κ3) is 2.38. The van der Waals surface area contributed by atoms with Crippen molar-refractivity contribution in [3.8, 4) is 6.07 Å². The molecule has 0 amide bonds. The van der Waals surface area contributed by atoms with E-state index in [0.29, 0.717) is 25.2 Å². The number of nitrogens with two attached hydrogens (primary N) is 1. The quantitative estimate of drug-likeness (QED) is 0.863. The van der Waals surface area contributed by atoms with Crippen LogP contribution in [0.1, 0.15) is 12.0 Å². The Kier molecular flexibility index (Phi) is 3.66. The summed E-state index contributed by atoms with van der Waals surface area (Å²) >= 11 is 0. The molecule has 0 aromatic heterocycles. The van der Waals surface area contributed by atoms with Gasteiger partial charge in [-0.3, -0.25) is 0 Å². The maximum absolute atomic E-state index is 12.3. The zero-order chi connectivity index (χ0) is 13.2. The van der Waals surface area contributed by atoms with Crippen LogP contribution in [-0.2, 0) is 10.0 Å². The molecule has 1 atom stereocenters. The van der Waals surface area contributed by atoms with Crippen LogP contribution in [0.15, 0.2) is 29.2 Å². The van der Waals surface area contributed by atoms with Crippen LogP contribution in [0.4, 0.5) is 0 Å². The number of nitriles is 1. The van der Waals surface area contributed by atoms with E-state index in [2.05, 4.69) is 0 Å². The first kappa shape index (κ1) is 13.0. The molecule has 1 heterocycles. The molecule has 1 aliphatic rings. The van der Waals surface area contributed by atoms with Gasteiger partial charge in [0.05, 0.1) is 16.5 Å². The predicted molar refractivity (Wildman–Crippen MR) is 67.1 cm³/mol. The minimum atomic E-state index is -3.49. The van der Waals surface area contributed by atoms with Crippen molar-refractivity contribution in [1.82, 2.24) is 4.31 Å². The number of hydrogen-bond acceptors (Lipinski definition) is 4. The predicted octanol–water partition coefficient (Wildman–Crippen LogP) is 0.528. The number of hydrogen-bond donors (Lipinski definition) is 1. The van der Waals surface area contributed by atoms with Gasteiger partial charge in [0.1, 0.15) is 0 Å². The highest BCUT2D eigenvalue weighted by atomic mass is 32.2. The van der Waals surface area contributed by atoms with Crippen molar-refractivity contribution in [2.75, 3.05) is 19.6 Å². The van der Waals surface area contributed by atoms with Gasteiger partial charge < -0.3 is 5.73 Å². The largest absolute Gasteiger partial charge is 0.330 e.